The highest BCUT2D eigenvalue weighted by molar-refractivity contribution is 7.16. The van der Waals surface area contributed by atoms with Crippen LogP contribution in [0.25, 0.3) is 0 Å². The maximum absolute atomic E-state index is 11.5. The van der Waals surface area contributed by atoms with Crippen LogP contribution in [-0.2, 0) is 0 Å². The van der Waals surface area contributed by atoms with Crippen LogP contribution in [0.5, 0.6) is 0 Å². The molecule has 5 nitrogen and oxygen atoms in total. The van der Waals surface area contributed by atoms with Crippen LogP contribution in [0.2, 0.25) is 0 Å². The fraction of sp³-hybridized carbons (Fsp3) is 0.625. The summed E-state index contributed by atoms with van der Waals surface area (Å²) in [4.78, 5) is 11.5. The molecule has 6 heteroatoms. The molecular formula is C8H12N4OS. The van der Waals surface area contributed by atoms with Crippen LogP contribution in [0.3, 0.4) is 0 Å². The summed E-state index contributed by atoms with van der Waals surface area (Å²) in [5.41, 5.74) is 5.61. The molecule has 1 fully saturated rings. The Hall–Kier alpha value is -1.17. The van der Waals surface area contributed by atoms with Gasteiger partial charge in [-0.1, -0.05) is 25.2 Å². The number of hydrogen-bond acceptors (Lipinski definition) is 5. The summed E-state index contributed by atoms with van der Waals surface area (Å²) in [6.07, 6.45) is 1.02. The van der Waals surface area contributed by atoms with E-state index in [0.29, 0.717) is 10.1 Å². The van der Waals surface area contributed by atoms with Gasteiger partial charge in [0.2, 0.25) is 10.1 Å². The SMILES string of the molecule is CC1(C)CC1NC(=O)c1nnc(N)s1. The topological polar surface area (TPSA) is 80.9 Å². The van der Waals surface area contributed by atoms with E-state index in [1.165, 1.54) is 0 Å². The second-order valence-electron chi connectivity index (χ2n) is 4.16. The molecule has 1 atom stereocenters. The number of hydrogen-bond donors (Lipinski definition) is 2. The van der Waals surface area contributed by atoms with Gasteiger partial charge in [-0.15, -0.1) is 10.2 Å². The molecule has 0 aliphatic heterocycles. The van der Waals surface area contributed by atoms with E-state index in [-0.39, 0.29) is 17.4 Å². The van der Waals surface area contributed by atoms with Crippen molar-refractivity contribution < 1.29 is 4.79 Å². The van der Waals surface area contributed by atoms with Crippen molar-refractivity contribution in [3.8, 4) is 0 Å². The third-order valence-corrected chi connectivity index (χ3v) is 3.20. The molecule has 76 valence electrons. The highest BCUT2D eigenvalue weighted by Gasteiger charge is 2.46. The van der Waals surface area contributed by atoms with Gasteiger partial charge in [-0.25, -0.2) is 0 Å². The van der Waals surface area contributed by atoms with Gasteiger partial charge >= 0.3 is 0 Å². The van der Waals surface area contributed by atoms with Crippen molar-refractivity contribution in [3.63, 3.8) is 0 Å². The van der Waals surface area contributed by atoms with Crippen LogP contribution in [-0.4, -0.2) is 22.1 Å². The minimum absolute atomic E-state index is 0.172. The molecule has 2 rings (SSSR count). The lowest BCUT2D eigenvalue weighted by molar-refractivity contribution is 0.0945. The average molecular weight is 212 g/mol. The molecule has 0 saturated heterocycles. The fourth-order valence-electron chi connectivity index (χ4n) is 1.26. The summed E-state index contributed by atoms with van der Waals surface area (Å²) in [5.74, 6) is -0.172. The smallest absolute Gasteiger partial charge is 0.282 e. The molecule has 3 N–H and O–H groups in total. The van der Waals surface area contributed by atoms with Gasteiger partial charge in [-0.3, -0.25) is 4.79 Å². The number of nitrogens with one attached hydrogen (secondary N) is 1. The molecule has 1 unspecified atom stereocenters. The zero-order valence-electron chi connectivity index (χ0n) is 8.07. The lowest BCUT2D eigenvalue weighted by Crippen LogP contribution is -2.28. The summed E-state index contributed by atoms with van der Waals surface area (Å²) in [7, 11) is 0. The Labute approximate surface area is 85.7 Å². The van der Waals surface area contributed by atoms with E-state index in [0.717, 1.165) is 17.8 Å². The molecule has 1 aromatic rings. The van der Waals surface area contributed by atoms with Crippen LogP contribution in [0.15, 0.2) is 0 Å². The standard InChI is InChI=1S/C8H12N4OS/c1-8(2)3-4(8)10-5(13)6-11-12-7(9)14-6/h4H,3H2,1-2H3,(H2,9,12)(H,10,13). The number of carbonyl (C=O) groups is 1. The van der Waals surface area contributed by atoms with Crippen molar-refractivity contribution in [2.24, 2.45) is 5.41 Å². The number of nitrogens with two attached hydrogens (primary N) is 1. The van der Waals surface area contributed by atoms with Crippen LogP contribution < -0.4 is 11.1 Å². The Kier molecular flexibility index (Phi) is 1.95. The van der Waals surface area contributed by atoms with E-state index in [1.807, 2.05) is 0 Å². The minimum Gasteiger partial charge on any atom is -0.374 e. The number of carbonyl (C=O) groups excluding carboxylic acids is 1. The molecular weight excluding hydrogens is 200 g/mol. The van der Waals surface area contributed by atoms with E-state index < -0.39 is 0 Å². The van der Waals surface area contributed by atoms with E-state index in [2.05, 4.69) is 29.4 Å². The quantitative estimate of drug-likeness (QED) is 0.754. The predicted molar refractivity (Wildman–Crippen MR) is 54.0 cm³/mol. The first-order valence-corrected chi connectivity index (χ1v) is 5.20. The first-order valence-electron chi connectivity index (χ1n) is 4.39. The molecule has 14 heavy (non-hydrogen) atoms. The Morgan fingerprint density at radius 1 is 1.64 bits per heavy atom. The minimum atomic E-state index is -0.172. The zero-order valence-corrected chi connectivity index (χ0v) is 8.89. The first-order chi connectivity index (χ1) is 6.49. The number of anilines is 1. The van der Waals surface area contributed by atoms with Crippen LogP contribution in [0, 0.1) is 5.41 Å². The van der Waals surface area contributed by atoms with Gasteiger partial charge in [0.15, 0.2) is 0 Å². The Morgan fingerprint density at radius 2 is 2.29 bits per heavy atom. The molecule has 0 aromatic carbocycles. The van der Waals surface area contributed by atoms with Gasteiger partial charge in [0.05, 0.1) is 0 Å². The highest BCUT2D eigenvalue weighted by Crippen LogP contribution is 2.44. The summed E-state index contributed by atoms with van der Waals surface area (Å²) >= 11 is 1.11. The van der Waals surface area contributed by atoms with Gasteiger partial charge in [-0.2, -0.15) is 0 Å². The second kappa shape index (κ2) is 2.91. The van der Waals surface area contributed by atoms with Crippen molar-refractivity contribution in [3.05, 3.63) is 5.01 Å². The van der Waals surface area contributed by atoms with Gasteiger partial charge in [0.1, 0.15) is 0 Å². The lowest BCUT2D eigenvalue weighted by atomic mass is 10.2. The highest BCUT2D eigenvalue weighted by atomic mass is 32.1. The molecule has 1 amide bonds. The number of nitrogen functional groups attached to an aromatic ring is 1. The van der Waals surface area contributed by atoms with Crippen molar-refractivity contribution in [2.45, 2.75) is 26.3 Å². The third kappa shape index (κ3) is 1.70. The van der Waals surface area contributed by atoms with Crippen molar-refractivity contribution in [1.29, 1.82) is 0 Å². The van der Waals surface area contributed by atoms with Gasteiger partial charge in [-0.05, 0) is 11.8 Å². The van der Waals surface area contributed by atoms with E-state index in [4.69, 9.17) is 5.73 Å². The first kappa shape index (κ1) is 9.39. The molecule has 1 heterocycles. The normalized spacial score (nSPS) is 23.1. The van der Waals surface area contributed by atoms with Crippen molar-refractivity contribution in [1.82, 2.24) is 15.5 Å². The molecule has 1 saturated carbocycles. The summed E-state index contributed by atoms with van der Waals surface area (Å²) < 4.78 is 0. The fourth-order valence-corrected chi connectivity index (χ4v) is 1.77. The van der Waals surface area contributed by atoms with Gasteiger partial charge < -0.3 is 11.1 Å². The van der Waals surface area contributed by atoms with Gasteiger partial charge in [0.25, 0.3) is 5.91 Å². The van der Waals surface area contributed by atoms with Crippen LogP contribution in [0.4, 0.5) is 5.13 Å². The number of rotatable bonds is 2. The van der Waals surface area contributed by atoms with Crippen LogP contribution in [0.1, 0.15) is 30.1 Å². The zero-order chi connectivity index (χ0) is 10.3. The maximum Gasteiger partial charge on any atom is 0.282 e. The van der Waals surface area contributed by atoms with E-state index in [1.54, 1.807) is 0 Å². The second-order valence-corrected chi connectivity index (χ2v) is 5.17. The monoisotopic (exact) mass is 212 g/mol. The largest absolute Gasteiger partial charge is 0.374 e. The van der Waals surface area contributed by atoms with E-state index >= 15 is 0 Å². The third-order valence-electron chi connectivity index (χ3n) is 2.45. The average Bonchev–Trinajstić information content (AvgIpc) is 2.52. The predicted octanol–water partition coefficient (Wildman–Crippen LogP) is 0.649. The Bertz CT molecular complexity index is 373. The molecule has 0 radical (unpaired) electrons. The summed E-state index contributed by atoms with van der Waals surface area (Å²) in [5, 5.41) is 10.8. The number of amides is 1. The molecule has 1 aromatic heterocycles. The molecule has 1 aliphatic carbocycles. The number of nitrogens with zero attached hydrogens (tertiary/aromatic N) is 2. The molecule has 0 bridgehead atoms. The summed E-state index contributed by atoms with van der Waals surface area (Å²) in [6.45, 7) is 4.23. The maximum atomic E-state index is 11.5. The van der Waals surface area contributed by atoms with Crippen LogP contribution >= 0.6 is 11.3 Å². The lowest BCUT2D eigenvalue weighted by Gasteiger charge is -2.03. The van der Waals surface area contributed by atoms with Gasteiger partial charge in [0, 0.05) is 6.04 Å². The number of aromatic nitrogens is 2. The van der Waals surface area contributed by atoms with Crippen molar-refractivity contribution in [2.75, 3.05) is 5.73 Å². The van der Waals surface area contributed by atoms with E-state index in [9.17, 15) is 4.79 Å². The molecule has 0 spiro atoms. The van der Waals surface area contributed by atoms with Crippen molar-refractivity contribution >= 4 is 22.4 Å². The Morgan fingerprint density at radius 3 is 2.71 bits per heavy atom. The Balaban J connectivity index is 1.97. The summed E-state index contributed by atoms with van der Waals surface area (Å²) in [6, 6.07) is 0.264. The molecule has 1 aliphatic rings.